The number of likely N-dealkylation sites (N-methyl/N-ethyl adjacent to an activating group) is 1. The summed E-state index contributed by atoms with van der Waals surface area (Å²) in [7, 11) is 2.17. The summed E-state index contributed by atoms with van der Waals surface area (Å²) >= 11 is 1.70. The van der Waals surface area contributed by atoms with E-state index in [0.717, 1.165) is 50.2 Å². The Morgan fingerprint density at radius 1 is 1.40 bits per heavy atom. The van der Waals surface area contributed by atoms with Crippen molar-refractivity contribution in [2.45, 2.75) is 31.7 Å². The fourth-order valence-electron chi connectivity index (χ4n) is 3.20. The maximum atomic E-state index is 12.7. The number of likely N-dealkylation sites (tertiary alicyclic amines) is 1. The molecule has 0 spiro atoms. The molecule has 4 nitrogen and oxygen atoms in total. The highest BCUT2D eigenvalue weighted by Gasteiger charge is 2.30. The number of carbonyl (C=O) groups excluding carboxylic acids is 1. The first-order valence-corrected chi connectivity index (χ1v) is 8.32. The molecule has 0 bridgehead atoms. The van der Waals surface area contributed by atoms with Crippen LogP contribution in [-0.4, -0.2) is 55.0 Å². The first-order chi connectivity index (χ1) is 9.69. The van der Waals surface area contributed by atoms with Crippen LogP contribution in [0, 0.1) is 0 Å². The van der Waals surface area contributed by atoms with Crippen molar-refractivity contribution in [3.05, 3.63) is 21.4 Å². The number of amides is 1. The van der Waals surface area contributed by atoms with Gasteiger partial charge in [-0.25, -0.2) is 0 Å². The molecule has 5 heteroatoms. The molecule has 1 aromatic rings. The minimum absolute atomic E-state index is 0.198. The monoisotopic (exact) mass is 293 g/mol. The lowest BCUT2D eigenvalue weighted by molar-refractivity contribution is 0.0746. The summed E-state index contributed by atoms with van der Waals surface area (Å²) in [6.07, 6.45) is 4.28. The highest BCUT2D eigenvalue weighted by Crippen LogP contribution is 2.29. The Bertz CT molecular complexity index is 474. The van der Waals surface area contributed by atoms with Gasteiger partial charge in [0.05, 0.1) is 4.88 Å². The zero-order valence-electron chi connectivity index (χ0n) is 12.1. The van der Waals surface area contributed by atoms with Crippen molar-refractivity contribution < 1.29 is 4.79 Å². The first-order valence-electron chi connectivity index (χ1n) is 7.50. The number of fused-ring (bicyclic) bond motifs is 1. The van der Waals surface area contributed by atoms with Crippen LogP contribution in [0.4, 0.5) is 0 Å². The maximum Gasteiger partial charge on any atom is 0.264 e. The van der Waals surface area contributed by atoms with E-state index in [-0.39, 0.29) is 11.9 Å². The van der Waals surface area contributed by atoms with E-state index in [1.165, 1.54) is 10.4 Å². The molecule has 0 saturated carbocycles. The van der Waals surface area contributed by atoms with Gasteiger partial charge in [-0.1, -0.05) is 0 Å². The van der Waals surface area contributed by atoms with E-state index < -0.39 is 0 Å². The minimum Gasteiger partial charge on any atom is -0.334 e. The van der Waals surface area contributed by atoms with Crippen molar-refractivity contribution in [3.63, 3.8) is 0 Å². The number of thiophene rings is 1. The fraction of sp³-hybridized carbons (Fsp3) is 0.667. The fourth-order valence-corrected chi connectivity index (χ4v) is 4.36. The predicted molar refractivity (Wildman–Crippen MR) is 82.3 cm³/mol. The van der Waals surface area contributed by atoms with E-state index in [2.05, 4.69) is 18.0 Å². The molecule has 1 amide bonds. The van der Waals surface area contributed by atoms with Crippen LogP contribution in [0.1, 0.15) is 33.0 Å². The average Bonchev–Trinajstić information content (AvgIpc) is 3.05. The Morgan fingerprint density at radius 3 is 3.00 bits per heavy atom. The molecule has 110 valence electrons. The van der Waals surface area contributed by atoms with Gasteiger partial charge in [-0.05, 0) is 44.4 Å². The van der Waals surface area contributed by atoms with Gasteiger partial charge in [0.1, 0.15) is 0 Å². The quantitative estimate of drug-likeness (QED) is 0.895. The largest absolute Gasteiger partial charge is 0.334 e. The summed E-state index contributed by atoms with van der Waals surface area (Å²) in [5.41, 5.74) is 7.16. The number of nitrogens with zero attached hydrogens (tertiary/aromatic N) is 2. The van der Waals surface area contributed by atoms with Gasteiger partial charge in [-0.15, -0.1) is 11.3 Å². The second-order valence-corrected chi connectivity index (χ2v) is 7.03. The second kappa shape index (κ2) is 5.84. The summed E-state index contributed by atoms with van der Waals surface area (Å²) in [6.45, 7) is 3.64. The van der Waals surface area contributed by atoms with Crippen LogP contribution in [0.5, 0.6) is 0 Å². The van der Waals surface area contributed by atoms with E-state index in [1.807, 2.05) is 4.90 Å². The molecule has 0 unspecified atom stereocenters. The van der Waals surface area contributed by atoms with Crippen molar-refractivity contribution in [2.24, 2.45) is 5.73 Å². The summed E-state index contributed by atoms with van der Waals surface area (Å²) in [4.78, 5) is 19.3. The van der Waals surface area contributed by atoms with Crippen molar-refractivity contribution in [3.8, 4) is 0 Å². The number of nitrogens with two attached hydrogens (primary N) is 1. The molecule has 2 N–H and O–H groups in total. The zero-order chi connectivity index (χ0) is 14.1. The van der Waals surface area contributed by atoms with Gasteiger partial charge in [0.25, 0.3) is 5.91 Å². The Morgan fingerprint density at radius 2 is 2.20 bits per heavy atom. The van der Waals surface area contributed by atoms with Crippen molar-refractivity contribution in [1.82, 2.24) is 9.80 Å². The summed E-state index contributed by atoms with van der Waals surface area (Å²) in [5, 5.41) is 0. The standard InChI is InChI=1S/C15H23N3OS/c1-17-7-4-11-9-14(20-13(11)5-8-17)15(19)18-6-2-3-12(18)10-16/h9,12H,2-8,10,16H2,1H3/t12-/m0/s1. The normalized spacial score (nSPS) is 23.7. The van der Waals surface area contributed by atoms with Gasteiger partial charge < -0.3 is 15.5 Å². The van der Waals surface area contributed by atoms with Crippen LogP contribution in [0.15, 0.2) is 6.07 Å². The third-order valence-electron chi connectivity index (χ3n) is 4.50. The summed E-state index contributed by atoms with van der Waals surface area (Å²) in [5.74, 6) is 0.198. The zero-order valence-corrected chi connectivity index (χ0v) is 12.9. The molecule has 2 aliphatic rings. The molecule has 0 aromatic carbocycles. The maximum absolute atomic E-state index is 12.7. The van der Waals surface area contributed by atoms with E-state index in [0.29, 0.717) is 6.54 Å². The molecule has 2 aliphatic heterocycles. The molecular weight excluding hydrogens is 270 g/mol. The second-order valence-electron chi connectivity index (χ2n) is 5.89. The van der Waals surface area contributed by atoms with Gasteiger partial charge in [0.15, 0.2) is 0 Å². The molecule has 1 atom stereocenters. The highest BCUT2D eigenvalue weighted by atomic mass is 32.1. The number of hydrogen-bond donors (Lipinski definition) is 1. The lowest BCUT2D eigenvalue weighted by atomic mass is 10.1. The van der Waals surface area contributed by atoms with Crippen molar-refractivity contribution >= 4 is 17.2 Å². The lowest BCUT2D eigenvalue weighted by Crippen LogP contribution is -2.39. The molecular formula is C15H23N3OS. The molecule has 1 fully saturated rings. The summed E-state index contributed by atoms with van der Waals surface area (Å²) < 4.78 is 0. The Balaban J connectivity index is 1.78. The predicted octanol–water partition coefficient (Wildman–Crippen LogP) is 1.34. The van der Waals surface area contributed by atoms with Crippen LogP contribution in [0.25, 0.3) is 0 Å². The number of hydrogen-bond acceptors (Lipinski definition) is 4. The van der Waals surface area contributed by atoms with Crippen LogP contribution in [0.2, 0.25) is 0 Å². The molecule has 20 heavy (non-hydrogen) atoms. The number of carbonyl (C=O) groups is 1. The lowest BCUT2D eigenvalue weighted by Gasteiger charge is -2.22. The van der Waals surface area contributed by atoms with E-state index >= 15 is 0 Å². The van der Waals surface area contributed by atoms with Gasteiger partial charge in [0.2, 0.25) is 0 Å². The first kappa shape index (κ1) is 14.0. The van der Waals surface area contributed by atoms with Crippen molar-refractivity contribution in [2.75, 3.05) is 33.2 Å². The molecule has 3 rings (SSSR count). The highest BCUT2D eigenvalue weighted by molar-refractivity contribution is 7.14. The van der Waals surface area contributed by atoms with Crippen LogP contribution in [-0.2, 0) is 12.8 Å². The van der Waals surface area contributed by atoms with Crippen LogP contribution >= 0.6 is 11.3 Å². The van der Waals surface area contributed by atoms with Crippen LogP contribution in [0.3, 0.4) is 0 Å². The van der Waals surface area contributed by atoms with Gasteiger partial charge in [-0.2, -0.15) is 0 Å². The van der Waals surface area contributed by atoms with E-state index in [4.69, 9.17) is 5.73 Å². The Kier molecular flexibility index (Phi) is 4.10. The van der Waals surface area contributed by atoms with Gasteiger partial charge >= 0.3 is 0 Å². The Hall–Kier alpha value is -0.910. The minimum atomic E-state index is 0.198. The summed E-state index contributed by atoms with van der Waals surface area (Å²) in [6, 6.07) is 2.38. The van der Waals surface area contributed by atoms with Gasteiger partial charge in [0, 0.05) is 37.1 Å². The SMILES string of the molecule is CN1CCc2cc(C(=O)N3CCC[C@H]3CN)sc2CC1. The Labute approximate surface area is 124 Å². The van der Waals surface area contributed by atoms with E-state index in [9.17, 15) is 4.79 Å². The smallest absolute Gasteiger partial charge is 0.264 e. The number of rotatable bonds is 2. The molecule has 1 saturated heterocycles. The van der Waals surface area contributed by atoms with Crippen LogP contribution < -0.4 is 5.73 Å². The molecule has 1 aromatic heterocycles. The molecule has 0 radical (unpaired) electrons. The average molecular weight is 293 g/mol. The van der Waals surface area contributed by atoms with Crippen molar-refractivity contribution in [1.29, 1.82) is 0 Å². The topological polar surface area (TPSA) is 49.6 Å². The molecule has 0 aliphatic carbocycles. The third kappa shape index (κ3) is 2.62. The third-order valence-corrected chi connectivity index (χ3v) is 5.73. The molecule has 3 heterocycles. The van der Waals surface area contributed by atoms with E-state index in [1.54, 1.807) is 11.3 Å². The van der Waals surface area contributed by atoms with Gasteiger partial charge in [-0.3, -0.25) is 4.79 Å².